The van der Waals surface area contributed by atoms with Crippen LogP contribution in [0.2, 0.25) is 0 Å². The lowest BCUT2D eigenvalue weighted by Gasteiger charge is -2.21. The first-order chi connectivity index (χ1) is 10.7. The van der Waals surface area contributed by atoms with Crippen molar-refractivity contribution in [3.05, 3.63) is 60.4 Å². The van der Waals surface area contributed by atoms with Gasteiger partial charge in [-0.3, -0.25) is 4.90 Å². The number of anilines is 1. The van der Waals surface area contributed by atoms with E-state index in [-0.39, 0.29) is 18.5 Å². The van der Waals surface area contributed by atoms with E-state index in [1.54, 1.807) is 17.0 Å². The Morgan fingerprint density at radius 1 is 1.18 bits per heavy atom. The first kappa shape index (κ1) is 15.8. The van der Waals surface area contributed by atoms with Gasteiger partial charge in [0.1, 0.15) is 18.2 Å². The molecule has 2 amide bonds. The van der Waals surface area contributed by atoms with E-state index < -0.39 is 0 Å². The molecule has 0 bridgehead atoms. The Morgan fingerprint density at radius 3 is 2.64 bits per heavy atom. The lowest BCUT2D eigenvalue weighted by atomic mass is 10.3. The summed E-state index contributed by atoms with van der Waals surface area (Å²) in [6.45, 7) is 3.11. The minimum Gasteiger partial charge on any atom is -0.492 e. The monoisotopic (exact) mass is 302 g/mol. The summed E-state index contributed by atoms with van der Waals surface area (Å²) in [7, 11) is 0. The molecule has 5 heteroatoms. The van der Waals surface area contributed by atoms with Crippen LogP contribution in [0.15, 0.2) is 54.6 Å². The summed E-state index contributed by atoms with van der Waals surface area (Å²) in [5, 5.41) is 2.79. The second kappa shape index (κ2) is 8.02. The summed E-state index contributed by atoms with van der Waals surface area (Å²) >= 11 is 0. The van der Waals surface area contributed by atoms with Gasteiger partial charge in [-0.05, 0) is 31.2 Å². The number of rotatable bonds is 6. The van der Waals surface area contributed by atoms with E-state index in [4.69, 9.17) is 4.74 Å². The lowest BCUT2D eigenvalue weighted by Crippen LogP contribution is -2.41. The summed E-state index contributed by atoms with van der Waals surface area (Å²) in [6.07, 6.45) is 0. The van der Waals surface area contributed by atoms with Crippen molar-refractivity contribution in [1.82, 2.24) is 5.32 Å². The Kier molecular flexibility index (Phi) is 5.77. The Bertz CT molecular complexity index is 605. The van der Waals surface area contributed by atoms with Crippen molar-refractivity contribution in [2.45, 2.75) is 6.92 Å². The predicted octanol–water partition coefficient (Wildman–Crippen LogP) is 3.44. The van der Waals surface area contributed by atoms with Gasteiger partial charge >= 0.3 is 6.03 Å². The summed E-state index contributed by atoms with van der Waals surface area (Å²) in [6, 6.07) is 15.2. The number of urea groups is 1. The molecule has 0 aromatic heterocycles. The average molecular weight is 302 g/mol. The Balaban J connectivity index is 1.79. The fourth-order valence-corrected chi connectivity index (χ4v) is 2.03. The van der Waals surface area contributed by atoms with Gasteiger partial charge in [-0.1, -0.05) is 24.3 Å². The van der Waals surface area contributed by atoms with E-state index in [2.05, 4.69) is 5.32 Å². The fourth-order valence-electron chi connectivity index (χ4n) is 2.03. The molecule has 0 fully saturated rings. The van der Waals surface area contributed by atoms with Crippen LogP contribution in [-0.4, -0.2) is 25.7 Å². The number of carbonyl (C=O) groups is 1. The molecule has 1 N–H and O–H groups in total. The number of benzene rings is 2. The molecule has 0 aliphatic carbocycles. The summed E-state index contributed by atoms with van der Waals surface area (Å²) in [4.78, 5) is 13.8. The number of carbonyl (C=O) groups excluding carboxylic acids is 1. The number of nitrogens with zero attached hydrogens (tertiary/aromatic N) is 1. The van der Waals surface area contributed by atoms with Crippen molar-refractivity contribution in [1.29, 1.82) is 0 Å². The van der Waals surface area contributed by atoms with Gasteiger partial charge in [0.25, 0.3) is 0 Å². The maximum absolute atomic E-state index is 13.0. The predicted molar refractivity (Wildman–Crippen MR) is 84.8 cm³/mol. The molecule has 0 radical (unpaired) electrons. The van der Waals surface area contributed by atoms with Gasteiger partial charge in [0.2, 0.25) is 0 Å². The molecule has 0 spiro atoms. The first-order valence-corrected chi connectivity index (χ1v) is 7.19. The second-order valence-corrected chi connectivity index (χ2v) is 4.62. The minimum atomic E-state index is -0.345. The molecule has 2 aromatic carbocycles. The van der Waals surface area contributed by atoms with Crippen LogP contribution in [-0.2, 0) is 0 Å². The van der Waals surface area contributed by atoms with Crippen molar-refractivity contribution in [3.8, 4) is 5.75 Å². The number of para-hydroxylation sites is 1. The minimum absolute atomic E-state index is 0.184. The van der Waals surface area contributed by atoms with Crippen molar-refractivity contribution < 1.29 is 13.9 Å². The molecule has 22 heavy (non-hydrogen) atoms. The molecule has 0 aliphatic heterocycles. The molecule has 0 unspecified atom stereocenters. The highest BCUT2D eigenvalue weighted by molar-refractivity contribution is 5.91. The standard InChI is InChI=1S/C17H19FN2O2/c1-2-20(15-8-4-3-5-9-15)17(21)19-11-12-22-16-10-6-7-14(18)13-16/h3-10,13H,2,11-12H2,1H3,(H,19,21). The zero-order valence-corrected chi connectivity index (χ0v) is 12.5. The first-order valence-electron chi connectivity index (χ1n) is 7.19. The van der Waals surface area contributed by atoms with Crippen LogP contribution in [0.5, 0.6) is 5.75 Å². The zero-order valence-electron chi connectivity index (χ0n) is 12.5. The highest BCUT2D eigenvalue weighted by Gasteiger charge is 2.12. The molecule has 0 saturated carbocycles. The normalized spacial score (nSPS) is 10.1. The maximum Gasteiger partial charge on any atom is 0.321 e. The van der Waals surface area contributed by atoms with Crippen molar-refractivity contribution in [3.63, 3.8) is 0 Å². The summed E-state index contributed by atoms with van der Waals surface area (Å²) in [5.74, 6) is 0.104. The molecule has 0 aliphatic rings. The van der Waals surface area contributed by atoms with Crippen LogP contribution in [0.25, 0.3) is 0 Å². The highest BCUT2D eigenvalue weighted by Crippen LogP contribution is 2.13. The van der Waals surface area contributed by atoms with Crippen LogP contribution >= 0.6 is 0 Å². The van der Waals surface area contributed by atoms with Crippen molar-refractivity contribution in [2.24, 2.45) is 0 Å². The van der Waals surface area contributed by atoms with Gasteiger partial charge < -0.3 is 10.1 Å². The molecular formula is C17H19FN2O2. The highest BCUT2D eigenvalue weighted by atomic mass is 19.1. The van der Waals surface area contributed by atoms with Crippen LogP contribution < -0.4 is 15.0 Å². The number of ether oxygens (including phenoxy) is 1. The number of hydrogen-bond acceptors (Lipinski definition) is 2. The van der Waals surface area contributed by atoms with Gasteiger partial charge in [0, 0.05) is 18.3 Å². The number of halogens is 1. The zero-order chi connectivity index (χ0) is 15.8. The van der Waals surface area contributed by atoms with Gasteiger partial charge in [-0.2, -0.15) is 0 Å². The van der Waals surface area contributed by atoms with Crippen LogP contribution in [0, 0.1) is 5.82 Å². The number of hydrogen-bond donors (Lipinski definition) is 1. The third kappa shape index (κ3) is 4.48. The topological polar surface area (TPSA) is 41.6 Å². The molecule has 0 saturated heterocycles. The summed E-state index contributed by atoms with van der Waals surface area (Å²) < 4.78 is 18.4. The van der Waals surface area contributed by atoms with Gasteiger partial charge in [0.15, 0.2) is 0 Å². The smallest absolute Gasteiger partial charge is 0.321 e. The van der Waals surface area contributed by atoms with Gasteiger partial charge in [-0.25, -0.2) is 9.18 Å². The number of nitrogens with one attached hydrogen (secondary N) is 1. The van der Waals surface area contributed by atoms with Gasteiger partial charge in [-0.15, -0.1) is 0 Å². The van der Waals surface area contributed by atoms with E-state index in [1.165, 1.54) is 12.1 Å². The molecule has 2 rings (SSSR count). The van der Waals surface area contributed by atoms with Crippen LogP contribution in [0.4, 0.5) is 14.9 Å². The maximum atomic E-state index is 13.0. The quantitative estimate of drug-likeness (QED) is 0.831. The van der Waals surface area contributed by atoms with Crippen molar-refractivity contribution in [2.75, 3.05) is 24.6 Å². The van der Waals surface area contributed by atoms with Gasteiger partial charge in [0.05, 0.1) is 6.54 Å². The second-order valence-electron chi connectivity index (χ2n) is 4.62. The molecule has 4 nitrogen and oxygen atoms in total. The molecule has 2 aromatic rings. The molecule has 116 valence electrons. The molecular weight excluding hydrogens is 283 g/mol. The number of amides is 2. The largest absolute Gasteiger partial charge is 0.492 e. The van der Waals surface area contributed by atoms with Crippen LogP contribution in [0.1, 0.15) is 6.92 Å². The third-order valence-corrected chi connectivity index (χ3v) is 3.07. The van der Waals surface area contributed by atoms with E-state index >= 15 is 0 Å². The third-order valence-electron chi connectivity index (χ3n) is 3.07. The van der Waals surface area contributed by atoms with E-state index in [1.807, 2.05) is 37.3 Å². The van der Waals surface area contributed by atoms with Crippen LogP contribution in [0.3, 0.4) is 0 Å². The lowest BCUT2D eigenvalue weighted by molar-refractivity contribution is 0.242. The Labute approximate surface area is 129 Å². The SMILES string of the molecule is CCN(C(=O)NCCOc1cccc(F)c1)c1ccccc1. The molecule has 0 heterocycles. The fraction of sp³-hybridized carbons (Fsp3) is 0.235. The molecule has 0 atom stereocenters. The van der Waals surface area contributed by atoms with E-state index in [0.717, 1.165) is 5.69 Å². The van der Waals surface area contributed by atoms with E-state index in [9.17, 15) is 9.18 Å². The Morgan fingerprint density at radius 2 is 1.95 bits per heavy atom. The van der Waals surface area contributed by atoms with E-state index in [0.29, 0.717) is 18.8 Å². The van der Waals surface area contributed by atoms with Crippen molar-refractivity contribution >= 4 is 11.7 Å². The average Bonchev–Trinajstić information content (AvgIpc) is 2.53. The summed E-state index contributed by atoms with van der Waals surface area (Å²) in [5.41, 5.74) is 0.841. The Hall–Kier alpha value is -2.56.